The molecule has 5 nitrogen and oxygen atoms in total. The van der Waals surface area contributed by atoms with E-state index in [1.807, 2.05) is 6.92 Å². The maximum Gasteiger partial charge on any atom is 0.314 e. The molecule has 1 atom stereocenters. The molecule has 1 unspecified atom stereocenters. The molecule has 0 heterocycles. The van der Waals surface area contributed by atoms with E-state index in [0.29, 0.717) is 25.4 Å². The van der Waals surface area contributed by atoms with Crippen LogP contribution in [0.15, 0.2) is 0 Å². The van der Waals surface area contributed by atoms with Crippen LogP contribution in [-0.2, 0) is 4.79 Å². The number of aliphatic carboxylic acids is 1. The Hall–Kier alpha value is -1.26. The molecular weight excluding hydrogens is 256 g/mol. The van der Waals surface area contributed by atoms with Gasteiger partial charge in [-0.05, 0) is 29.1 Å². The van der Waals surface area contributed by atoms with Gasteiger partial charge in [0.2, 0.25) is 0 Å². The monoisotopic (exact) mass is 284 g/mol. The predicted octanol–water partition coefficient (Wildman–Crippen LogP) is 2.47. The molecule has 20 heavy (non-hydrogen) atoms. The Kier molecular flexibility index (Phi) is 5.05. The van der Waals surface area contributed by atoms with Crippen LogP contribution in [0.1, 0.15) is 47.5 Å². The summed E-state index contributed by atoms with van der Waals surface area (Å²) >= 11 is 0. The number of urea groups is 1. The van der Waals surface area contributed by atoms with Crippen molar-refractivity contribution >= 4 is 12.0 Å². The van der Waals surface area contributed by atoms with Crippen molar-refractivity contribution in [2.24, 2.45) is 22.7 Å². The minimum absolute atomic E-state index is 0.148. The first kappa shape index (κ1) is 16.8. The first-order valence-electron chi connectivity index (χ1n) is 7.32. The van der Waals surface area contributed by atoms with Crippen LogP contribution in [0.25, 0.3) is 0 Å². The van der Waals surface area contributed by atoms with E-state index in [4.69, 9.17) is 5.11 Å². The highest BCUT2D eigenvalue weighted by Gasteiger charge is 2.64. The lowest BCUT2D eigenvalue weighted by Gasteiger charge is -2.12. The summed E-state index contributed by atoms with van der Waals surface area (Å²) in [7, 11) is 0. The minimum Gasteiger partial charge on any atom is -0.481 e. The summed E-state index contributed by atoms with van der Waals surface area (Å²) in [5.74, 6) is -0.115. The summed E-state index contributed by atoms with van der Waals surface area (Å²) in [5.41, 5.74) is 0.546. The average Bonchev–Trinajstić information content (AvgIpc) is 2.72. The summed E-state index contributed by atoms with van der Waals surface area (Å²) in [6.45, 7) is 12.1. The molecule has 1 saturated carbocycles. The quantitative estimate of drug-likeness (QED) is 0.672. The van der Waals surface area contributed by atoms with Gasteiger partial charge in [-0.1, -0.05) is 34.6 Å². The molecule has 3 N–H and O–H groups in total. The molecule has 116 valence electrons. The van der Waals surface area contributed by atoms with Crippen LogP contribution < -0.4 is 10.6 Å². The smallest absolute Gasteiger partial charge is 0.314 e. The molecular formula is C15H28N2O3. The van der Waals surface area contributed by atoms with Gasteiger partial charge in [0.15, 0.2) is 0 Å². The van der Waals surface area contributed by atoms with Crippen molar-refractivity contribution in [1.82, 2.24) is 10.6 Å². The first-order chi connectivity index (χ1) is 9.09. The Bertz CT molecular complexity index is 363. The molecule has 0 spiro atoms. The van der Waals surface area contributed by atoms with E-state index in [1.54, 1.807) is 0 Å². The van der Waals surface area contributed by atoms with Crippen LogP contribution in [0.3, 0.4) is 0 Å². The van der Waals surface area contributed by atoms with Crippen molar-refractivity contribution in [2.75, 3.05) is 13.1 Å². The van der Waals surface area contributed by atoms with Crippen molar-refractivity contribution in [2.45, 2.75) is 47.5 Å². The first-order valence-corrected chi connectivity index (χ1v) is 7.32. The van der Waals surface area contributed by atoms with Gasteiger partial charge in [-0.3, -0.25) is 4.79 Å². The van der Waals surface area contributed by atoms with Crippen LogP contribution >= 0.6 is 0 Å². The molecule has 1 aliphatic rings. The summed E-state index contributed by atoms with van der Waals surface area (Å²) in [6, 6.07) is -0.161. The highest BCUT2D eigenvalue weighted by atomic mass is 16.4. The molecule has 0 saturated heterocycles. The van der Waals surface area contributed by atoms with Gasteiger partial charge >= 0.3 is 12.0 Å². The number of amides is 2. The molecule has 1 aliphatic carbocycles. The van der Waals surface area contributed by atoms with Gasteiger partial charge < -0.3 is 15.7 Å². The Morgan fingerprint density at radius 2 is 1.70 bits per heavy atom. The molecule has 0 aromatic heterocycles. The van der Waals surface area contributed by atoms with Gasteiger partial charge in [-0.2, -0.15) is 0 Å². The third-order valence-electron chi connectivity index (χ3n) is 5.25. The van der Waals surface area contributed by atoms with Crippen molar-refractivity contribution in [3.63, 3.8) is 0 Å². The standard InChI is InChI=1S/C15H28N2O3/c1-10(6-7-12(18)19)8-16-13(20)17-9-11-14(2,3)15(11,4)5/h10-11H,6-9H2,1-5H3,(H,18,19)(H2,16,17,20). The second kappa shape index (κ2) is 6.02. The zero-order valence-corrected chi connectivity index (χ0v) is 13.2. The summed E-state index contributed by atoms with van der Waals surface area (Å²) < 4.78 is 0. The second-order valence-electron chi connectivity index (χ2n) is 7.12. The number of carboxylic acids is 1. The molecule has 0 radical (unpaired) electrons. The van der Waals surface area contributed by atoms with Gasteiger partial charge in [-0.15, -0.1) is 0 Å². The van der Waals surface area contributed by atoms with Gasteiger partial charge in [0.25, 0.3) is 0 Å². The SMILES string of the molecule is CC(CCC(=O)O)CNC(=O)NCC1C(C)(C)C1(C)C. The zero-order chi connectivity index (χ0) is 15.6. The molecule has 0 aromatic carbocycles. The maximum absolute atomic E-state index is 11.7. The average molecular weight is 284 g/mol. The van der Waals surface area contributed by atoms with Crippen molar-refractivity contribution in [3.05, 3.63) is 0 Å². The van der Waals surface area contributed by atoms with E-state index < -0.39 is 5.97 Å². The van der Waals surface area contributed by atoms with Crippen LogP contribution in [0.2, 0.25) is 0 Å². The number of carbonyl (C=O) groups excluding carboxylic acids is 1. The van der Waals surface area contributed by atoms with Crippen LogP contribution in [-0.4, -0.2) is 30.2 Å². The fourth-order valence-corrected chi connectivity index (χ4v) is 2.84. The highest BCUT2D eigenvalue weighted by molar-refractivity contribution is 5.73. The summed E-state index contributed by atoms with van der Waals surface area (Å²) in [4.78, 5) is 22.1. The molecule has 1 fully saturated rings. The third kappa shape index (κ3) is 3.87. The van der Waals surface area contributed by atoms with E-state index >= 15 is 0 Å². The van der Waals surface area contributed by atoms with Gasteiger partial charge in [0, 0.05) is 19.5 Å². The normalized spacial score (nSPS) is 21.1. The van der Waals surface area contributed by atoms with Crippen molar-refractivity contribution in [1.29, 1.82) is 0 Å². The molecule has 0 bridgehead atoms. The van der Waals surface area contributed by atoms with Crippen molar-refractivity contribution in [3.8, 4) is 0 Å². The number of carboxylic acid groups (broad SMARTS) is 1. The molecule has 2 amide bonds. The Morgan fingerprint density at radius 1 is 1.15 bits per heavy atom. The molecule has 1 rings (SSSR count). The lowest BCUT2D eigenvalue weighted by Crippen LogP contribution is -2.39. The lowest BCUT2D eigenvalue weighted by molar-refractivity contribution is -0.137. The molecule has 0 aliphatic heterocycles. The Labute approximate surface area is 121 Å². The van der Waals surface area contributed by atoms with E-state index in [0.717, 1.165) is 0 Å². The summed E-state index contributed by atoms with van der Waals surface area (Å²) in [6.07, 6.45) is 0.729. The van der Waals surface area contributed by atoms with Crippen LogP contribution in [0.4, 0.5) is 4.79 Å². The number of hydrogen-bond donors (Lipinski definition) is 3. The fourth-order valence-electron chi connectivity index (χ4n) is 2.84. The molecule has 0 aromatic rings. The van der Waals surface area contributed by atoms with Crippen LogP contribution in [0.5, 0.6) is 0 Å². The van der Waals surface area contributed by atoms with E-state index in [9.17, 15) is 9.59 Å². The number of nitrogens with one attached hydrogen (secondary N) is 2. The second-order valence-corrected chi connectivity index (χ2v) is 7.12. The Balaban J connectivity index is 2.17. The zero-order valence-electron chi connectivity index (χ0n) is 13.2. The maximum atomic E-state index is 11.7. The van der Waals surface area contributed by atoms with E-state index in [1.165, 1.54) is 0 Å². The third-order valence-corrected chi connectivity index (χ3v) is 5.25. The number of rotatable bonds is 7. The fraction of sp³-hybridized carbons (Fsp3) is 0.867. The predicted molar refractivity (Wildman–Crippen MR) is 78.5 cm³/mol. The van der Waals surface area contributed by atoms with E-state index in [2.05, 4.69) is 38.3 Å². The topological polar surface area (TPSA) is 78.4 Å². The largest absolute Gasteiger partial charge is 0.481 e. The van der Waals surface area contributed by atoms with Crippen molar-refractivity contribution < 1.29 is 14.7 Å². The summed E-state index contributed by atoms with van der Waals surface area (Å²) in [5, 5.41) is 14.3. The lowest BCUT2D eigenvalue weighted by atomic mass is 10.0. The van der Waals surface area contributed by atoms with Crippen LogP contribution in [0, 0.1) is 22.7 Å². The van der Waals surface area contributed by atoms with Gasteiger partial charge in [0.1, 0.15) is 0 Å². The Morgan fingerprint density at radius 3 is 2.15 bits per heavy atom. The molecule has 5 heteroatoms. The number of carbonyl (C=O) groups is 2. The minimum atomic E-state index is -0.792. The number of hydrogen-bond acceptors (Lipinski definition) is 2. The van der Waals surface area contributed by atoms with Gasteiger partial charge in [-0.25, -0.2) is 4.79 Å². The van der Waals surface area contributed by atoms with Gasteiger partial charge in [0.05, 0.1) is 0 Å². The highest BCUT2D eigenvalue weighted by Crippen LogP contribution is 2.67. The van der Waals surface area contributed by atoms with E-state index in [-0.39, 0.29) is 29.2 Å².